The van der Waals surface area contributed by atoms with Gasteiger partial charge in [-0.2, -0.15) is 10.2 Å². The van der Waals surface area contributed by atoms with Gasteiger partial charge in [0.15, 0.2) is 0 Å². The van der Waals surface area contributed by atoms with E-state index in [4.69, 9.17) is 58.0 Å². The zero-order valence-electron chi connectivity index (χ0n) is 43.1. The lowest BCUT2D eigenvalue weighted by Crippen LogP contribution is -2.36. The van der Waals surface area contributed by atoms with Gasteiger partial charge >= 0.3 is 0 Å². The Morgan fingerprint density at radius 2 is 0.947 bits per heavy atom. The van der Waals surface area contributed by atoms with Crippen LogP contribution in [0.15, 0.2) is 78.2 Å². The van der Waals surface area contributed by atoms with Gasteiger partial charge in [-0.25, -0.2) is 24.9 Å². The number of aryl methyl sites for hydroxylation is 3. The number of nitrogens with zero attached hydrogens (tertiary/aromatic N) is 12. The largest absolute Gasteiger partial charge is 0.474 e. The summed E-state index contributed by atoms with van der Waals surface area (Å²) in [6.07, 6.45) is 11.2. The molecule has 5 saturated heterocycles. The summed E-state index contributed by atoms with van der Waals surface area (Å²) in [5, 5.41) is 11.1. The number of hydrogen-bond donors (Lipinski definition) is 0. The van der Waals surface area contributed by atoms with E-state index in [1.807, 2.05) is 91.2 Å². The van der Waals surface area contributed by atoms with Crippen LogP contribution in [0.25, 0.3) is 33.2 Å². The van der Waals surface area contributed by atoms with Crippen molar-refractivity contribution in [1.29, 1.82) is 0 Å². The van der Waals surface area contributed by atoms with Gasteiger partial charge in [0.05, 0.1) is 123 Å². The molecule has 20 nitrogen and oxygen atoms in total. The third kappa shape index (κ3) is 11.7. The average molecular weight is 1020 g/mol. The zero-order valence-corrected chi connectivity index (χ0v) is 43.1. The third-order valence-corrected chi connectivity index (χ3v) is 14.2. The van der Waals surface area contributed by atoms with Crippen LogP contribution in [0.2, 0.25) is 0 Å². The monoisotopic (exact) mass is 1020 g/mol. The SMILES string of the molecule is Cc1nn(C)c2ccnc(OC3CCOCC3)c12.Cn1nc(-c2cccc(N3CCOCC3)n2)c2c(OC3CCOCC3)nccc21.c1cc(C2=NCc3ccnc(OC4CCOCC4)c32)nc(N2CCOCC2)c1. The van der Waals surface area contributed by atoms with E-state index in [-0.39, 0.29) is 18.3 Å². The molecule has 6 aliphatic rings. The Kier molecular flexibility index (Phi) is 16.0. The molecule has 7 aromatic rings. The van der Waals surface area contributed by atoms with Crippen molar-refractivity contribution in [2.45, 2.75) is 70.3 Å². The summed E-state index contributed by atoms with van der Waals surface area (Å²) in [6.45, 7) is 13.4. The van der Waals surface area contributed by atoms with E-state index in [1.54, 1.807) is 12.4 Å². The van der Waals surface area contributed by atoms with Gasteiger partial charge in [0.25, 0.3) is 0 Å². The highest BCUT2D eigenvalue weighted by Crippen LogP contribution is 2.36. The summed E-state index contributed by atoms with van der Waals surface area (Å²) >= 11 is 0. The zero-order chi connectivity index (χ0) is 50.9. The fourth-order valence-electron chi connectivity index (χ4n) is 10.2. The second-order valence-corrected chi connectivity index (χ2v) is 19.3. The van der Waals surface area contributed by atoms with Crippen molar-refractivity contribution < 1.29 is 37.9 Å². The molecular formula is C55H66N12O8. The van der Waals surface area contributed by atoms with E-state index in [0.717, 1.165) is 204 Å². The lowest BCUT2D eigenvalue weighted by atomic mass is 10.0. The van der Waals surface area contributed by atoms with E-state index in [2.05, 4.69) is 29.9 Å². The lowest BCUT2D eigenvalue weighted by Gasteiger charge is -2.28. The van der Waals surface area contributed by atoms with Gasteiger partial charge in [-0.05, 0) is 55.0 Å². The first-order valence-electron chi connectivity index (χ1n) is 26.4. The highest BCUT2D eigenvalue weighted by Gasteiger charge is 2.28. The quantitative estimate of drug-likeness (QED) is 0.144. The number of rotatable bonds is 10. The van der Waals surface area contributed by atoms with Gasteiger partial charge in [0, 0.05) is 97.4 Å². The van der Waals surface area contributed by atoms with Gasteiger partial charge in [0.2, 0.25) is 17.6 Å². The number of anilines is 2. The molecule has 0 unspecified atom stereocenters. The summed E-state index contributed by atoms with van der Waals surface area (Å²) in [5.41, 5.74) is 8.50. The minimum absolute atomic E-state index is 0.113. The van der Waals surface area contributed by atoms with Gasteiger partial charge in [-0.3, -0.25) is 14.4 Å². The van der Waals surface area contributed by atoms with Gasteiger partial charge in [0.1, 0.15) is 35.6 Å². The first-order valence-corrected chi connectivity index (χ1v) is 26.4. The molecule has 6 aliphatic heterocycles. The van der Waals surface area contributed by atoms with Crippen molar-refractivity contribution in [2.24, 2.45) is 19.1 Å². The molecule has 75 heavy (non-hydrogen) atoms. The standard InChI is InChI=1S/C21H25N5O3.C21H24N4O3.C13H17N3O2/c1-25-17-5-8-22-21(29-15-6-11-27-12-7-15)19(17)20(24-25)16-3-2-4-18(23-16)26-9-13-28-14-10-26;1-2-17(24-18(3-1)25-8-12-27-13-9-25)20-19-15(14-23-20)4-7-22-21(19)28-16-5-10-26-11-6-16;1-9-12-11(16(2)15-9)3-6-14-13(12)18-10-4-7-17-8-5-10/h2-5,8,15H,6-7,9-14H2,1H3;1-4,7,16H,5-6,8-14H2;3,6,10H,4-5,7-8H2,1-2H3. The fourth-order valence-corrected chi connectivity index (χ4v) is 10.2. The second-order valence-electron chi connectivity index (χ2n) is 19.3. The minimum Gasteiger partial charge on any atom is -0.474 e. The molecule has 20 heteroatoms. The molecule has 0 aromatic carbocycles. The molecule has 394 valence electrons. The molecule has 0 radical (unpaired) electrons. The Hall–Kier alpha value is -6.84. The Bertz CT molecular complexity index is 3060. The van der Waals surface area contributed by atoms with Crippen LogP contribution in [0.4, 0.5) is 11.6 Å². The Morgan fingerprint density at radius 1 is 0.493 bits per heavy atom. The highest BCUT2D eigenvalue weighted by molar-refractivity contribution is 6.15. The molecule has 0 saturated carbocycles. The number of hydrogen-bond acceptors (Lipinski definition) is 18. The van der Waals surface area contributed by atoms with Crippen molar-refractivity contribution in [3.63, 3.8) is 0 Å². The fraction of sp³-hybridized carbons (Fsp3) is 0.491. The van der Waals surface area contributed by atoms with E-state index in [0.29, 0.717) is 24.2 Å². The maximum atomic E-state index is 6.29. The van der Waals surface area contributed by atoms with Gasteiger partial charge in [-0.1, -0.05) is 12.1 Å². The van der Waals surface area contributed by atoms with E-state index in [9.17, 15) is 0 Å². The van der Waals surface area contributed by atoms with Crippen molar-refractivity contribution in [3.05, 3.63) is 95.7 Å². The van der Waals surface area contributed by atoms with Gasteiger partial charge in [-0.15, -0.1) is 0 Å². The lowest BCUT2D eigenvalue weighted by molar-refractivity contribution is 0.0235. The molecule has 13 rings (SSSR count). The second kappa shape index (κ2) is 23.8. The third-order valence-electron chi connectivity index (χ3n) is 14.2. The molecule has 0 spiro atoms. The molecule has 0 amide bonds. The van der Waals surface area contributed by atoms with Crippen LogP contribution >= 0.6 is 0 Å². The van der Waals surface area contributed by atoms with Crippen LogP contribution in [-0.4, -0.2) is 161 Å². The summed E-state index contributed by atoms with van der Waals surface area (Å²) in [4.78, 5) is 32.5. The first kappa shape index (κ1) is 50.3. The number of aliphatic imine (C=N–C) groups is 1. The van der Waals surface area contributed by atoms with Crippen molar-refractivity contribution in [3.8, 4) is 29.0 Å². The molecule has 0 aliphatic carbocycles. The first-order chi connectivity index (χ1) is 36.9. The van der Waals surface area contributed by atoms with E-state index in [1.165, 1.54) is 0 Å². The Morgan fingerprint density at radius 3 is 1.52 bits per heavy atom. The molecular weight excluding hydrogens is 957 g/mol. The summed E-state index contributed by atoms with van der Waals surface area (Å²) in [5.74, 6) is 3.90. The molecule has 5 fully saturated rings. The predicted molar refractivity (Wildman–Crippen MR) is 282 cm³/mol. The van der Waals surface area contributed by atoms with Crippen molar-refractivity contribution in [2.75, 3.05) is 102 Å². The van der Waals surface area contributed by atoms with E-state index < -0.39 is 0 Å². The predicted octanol–water partition coefficient (Wildman–Crippen LogP) is 6.48. The Balaban J connectivity index is 0.000000124. The van der Waals surface area contributed by atoms with Crippen LogP contribution in [-0.2, 0) is 44.3 Å². The maximum Gasteiger partial charge on any atom is 0.225 e. The molecule has 13 heterocycles. The molecule has 0 atom stereocenters. The smallest absolute Gasteiger partial charge is 0.225 e. The molecule has 0 N–H and O–H groups in total. The number of morpholine rings is 2. The normalized spacial score (nSPS) is 18.7. The van der Waals surface area contributed by atoms with Crippen LogP contribution < -0.4 is 24.0 Å². The van der Waals surface area contributed by atoms with Gasteiger partial charge < -0.3 is 47.7 Å². The Labute approximate surface area is 436 Å². The summed E-state index contributed by atoms with van der Waals surface area (Å²) in [6, 6.07) is 18.1. The maximum absolute atomic E-state index is 6.29. The minimum atomic E-state index is 0.113. The average Bonchev–Trinajstić information content (AvgIpc) is 4.16. The number of pyridine rings is 5. The summed E-state index contributed by atoms with van der Waals surface area (Å²) < 4.78 is 49.5. The number of ether oxygens (including phenoxy) is 8. The van der Waals surface area contributed by atoms with Crippen LogP contribution in [0, 0.1) is 6.92 Å². The van der Waals surface area contributed by atoms with Crippen LogP contribution in [0.1, 0.15) is 61.0 Å². The molecule has 7 aromatic heterocycles. The number of fused-ring (bicyclic) bond motifs is 3. The number of aromatic nitrogens is 9. The highest BCUT2D eigenvalue weighted by atomic mass is 16.5. The van der Waals surface area contributed by atoms with E-state index >= 15 is 0 Å². The van der Waals surface area contributed by atoms with Crippen LogP contribution in [0.5, 0.6) is 17.6 Å². The molecule has 0 bridgehead atoms. The van der Waals surface area contributed by atoms with Crippen molar-refractivity contribution in [1.82, 2.24) is 44.5 Å². The summed E-state index contributed by atoms with van der Waals surface area (Å²) in [7, 11) is 3.88. The van der Waals surface area contributed by atoms with Crippen LogP contribution in [0.3, 0.4) is 0 Å². The van der Waals surface area contributed by atoms with Crippen molar-refractivity contribution >= 4 is 39.2 Å². The topological polar surface area (TPSA) is 193 Å².